The Morgan fingerprint density at radius 3 is 2.19 bits per heavy atom. The van der Waals surface area contributed by atoms with E-state index in [-0.39, 0.29) is 18.3 Å². The molecule has 0 aliphatic carbocycles. The number of carbonyl (C=O) groups is 2. The fraction of sp³-hybridized carbons (Fsp3) is 0.211. The van der Waals surface area contributed by atoms with Crippen LogP contribution in [0.2, 0.25) is 0 Å². The molecule has 0 aromatic heterocycles. The van der Waals surface area contributed by atoms with Gasteiger partial charge in [0.05, 0.1) is 24.0 Å². The summed E-state index contributed by atoms with van der Waals surface area (Å²) in [6.07, 6.45) is 0. The summed E-state index contributed by atoms with van der Waals surface area (Å²) in [5.41, 5.74) is 5.12. The van der Waals surface area contributed by atoms with Crippen LogP contribution in [-0.2, 0) is 9.59 Å². The standard InChI is InChI=1S/C19H19N3O4S/c1-2-25-15-7-9-17(10-8-15)27-13-19(24)22-21-18(23)12-26-16-5-3-14(11-20)4-6-16/h3-10H,2,12-13H2,1H3,(H,21,23)(H,22,24). The van der Waals surface area contributed by atoms with Crippen LogP contribution in [-0.4, -0.2) is 30.8 Å². The first-order chi connectivity index (χ1) is 13.1. The Balaban J connectivity index is 1.65. The summed E-state index contributed by atoms with van der Waals surface area (Å²) in [4.78, 5) is 24.4. The molecule has 0 radical (unpaired) electrons. The van der Waals surface area contributed by atoms with Crippen molar-refractivity contribution < 1.29 is 19.1 Å². The predicted molar refractivity (Wildman–Crippen MR) is 101 cm³/mol. The number of amides is 2. The fourth-order valence-corrected chi connectivity index (χ4v) is 2.63. The number of rotatable bonds is 8. The van der Waals surface area contributed by atoms with Gasteiger partial charge in [0.2, 0.25) is 5.91 Å². The van der Waals surface area contributed by atoms with Gasteiger partial charge in [0.15, 0.2) is 6.61 Å². The first-order valence-corrected chi connectivity index (χ1v) is 9.15. The lowest BCUT2D eigenvalue weighted by atomic mass is 10.2. The van der Waals surface area contributed by atoms with Gasteiger partial charge in [-0.2, -0.15) is 5.26 Å². The van der Waals surface area contributed by atoms with E-state index in [1.165, 1.54) is 11.8 Å². The van der Waals surface area contributed by atoms with E-state index in [9.17, 15) is 9.59 Å². The van der Waals surface area contributed by atoms with Gasteiger partial charge in [-0.1, -0.05) is 0 Å². The molecule has 0 aliphatic heterocycles. The minimum absolute atomic E-state index is 0.157. The van der Waals surface area contributed by atoms with Gasteiger partial charge in [0, 0.05) is 4.90 Å². The van der Waals surface area contributed by atoms with Gasteiger partial charge in [0.25, 0.3) is 5.91 Å². The molecule has 2 aromatic carbocycles. The van der Waals surface area contributed by atoms with Crippen molar-refractivity contribution in [3.05, 3.63) is 54.1 Å². The molecule has 2 rings (SSSR count). The molecule has 8 heteroatoms. The van der Waals surface area contributed by atoms with Crippen molar-refractivity contribution in [2.24, 2.45) is 0 Å². The SMILES string of the molecule is CCOc1ccc(SCC(=O)NNC(=O)COc2ccc(C#N)cc2)cc1. The number of hydrogen-bond acceptors (Lipinski definition) is 6. The highest BCUT2D eigenvalue weighted by molar-refractivity contribution is 8.00. The molecule has 0 fully saturated rings. The van der Waals surface area contributed by atoms with Gasteiger partial charge in [-0.15, -0.1) is 11.8 Å². The van der Waals surface area contributed by atoms with E-state index in [1.54, 1.807) is 24.3 Å². The maximum Gasteiger partial charge on any atom is 0.276 e. The average molecular weight is 385 g/mol. The van der Waals surface area contributed by atoms with E-state index in [4.69, 9.17) is 14.7 Å². The average Bonchev–Trinajstić information content (AvgIpc) is 2.70. The number of nitriles is 1. The van der Waals surface area contributed by atoms with Gasteiger partial charge in [0.1, 0.15) is 11.5 Å². The lowest BCUT2D eigenvalue weighted by molar-refractivity contribution is -0.128. The maximum atomic E-state index is 11.8. The van der Waals surface area contributed by atoms with Crippen molar-refractivity contribution in [3.63, 3.8) is 0 Å². The molecule has 0 aliphatic rings. The first-order valence-electron chi connectivity index (χ1n) is 8.17. The number of nitrogens with zero attached hydrogens (tertiary/aromatic N) is 1. The molecule has 0 saturated carbocycles. The predicted octanol–water partition coefficient (Wildman–Crippen LogP) is 2.28. The zero-order valence-electron chi connectivity index (χ0n) is 14.7. The van der Waals surface area contributed by atoms with Crippen LogP contribution in [0.15, 0.2) is 53.4 Å². The number of hydrogen-bond donors (Lipinski definition) is 2. The Hall–Kier alpha value is -3.18. The monoisotopic (exact) mass is 385 g/mol. The topological polar surface area (TPSA) is 100 Å². The van der Waals surface area contributed by atoms with E-state index in [0.717, 1.165) is 10.6 Å². The van der Waals surface area contributed by atoms with Crippen LogP contribution < -0.4 is 20.3 Å². The zero-order valence-corrected chi connectivity index (χ0v) is 15.5. The van der Waals surface area contributed by atoms with Crippen LogP contribution in [0.5, 0.6) is 11.5 Å². The van der Waals surface area contributed by atoms with E-state index < -0.39 is 5.91 Å². The van der Waals surface area contributed by atoms with Crippen LogP contribution in [0, 0.1) is 11.3 Å². The molecular formula is C19H19N3O4S. The first kappa shape index (κ1) is 20.1. The molecule has 2 N–H and O–H groups in total. The number of nitrogens with one attached hydrogen (secondary N) is 2. The molecule has 0 spiro atoms. The van der Waals surface area contributed by atoms with Gasteiger partial charge < -0.3 is 9.47 Å². The normalized spacial score (nSPS) is 9.78. The summed E-state index contributed by atoms with van der Waals surface area (Å²) in [5, 5.41) is 8.72. The third-order valence-corrected chi connectivity index (χ3v) is 4.21. The Labute approximate surface area is 161 Å². The fourth-order valence-electron chi connectivity index (χ4n) is 1.93. The smallest absolute Gasteiger partial charge is 0.276 e. The molecule has 27 heavy (non-hydrogen) atoms. The third-order valence-electron chi connectivity index (χ3n) is 3.20. The highest BCUT2D eigenvalue weighted by Gasteiger charge is 2.07. The van der Waals surface area contributed by atoms with Crippen molar-refractivity contribution >= 4 is 23.6 Å². The Morgan fingerprint density at radius 1 is 0.963 bits per heavy atom. The van der Waals surface area contributed by atoms with E-state index >= 15 is 0 Å². The Bertz CT molecular complexity index is 801. The van der Waals surface area contributed by atoms with Crippen LogP contribution in [0.4, 0.5) is 0 Å². The number of hydrazine groups is 1. The van der Waals surface area contributed by atoms with Crippen LogP contribution in [0.25, 0.3) is 0 Å². The van der Waals surface area contributed by atoms with Gasteiger partial charge >= 0.3 is 0 Å². The number of carbonyl (C=O) groups excluding carboxylic acids is 2. The molecule has 0 atom stereocenters. The molecule has 7 nitrogen and oxygen atoms in total. The van der Waals surface area contributed by atoms with E-state index in [1.807, 2.05) is 37.3 Å². The number of benzene rings is 2. The van der Waals surface area contributed by atoms with Crippen molar-refractivity contribution in [1.29, 1.82) is 5.26 Å². The van der Waals surface area contributed by atoms with Crippen LogP contribution in [0.3, 0.4) is 0 Å². The van der Waals surface area contributed by atoms with E-state index in [0.29, 0.717) is 17.9 Å². The Morgan fingerprint density at radius 2 is 1.56 bits per heavy atom. The quantitative estimate of drug-likeness (QED) is 0.534. The van der Waals surface area contributed by atoms with Crippen molar-refractivity contribution in [2.45, 2.75) is 11.8 Å². The second-order valence-corrected chi connectivity index (χ2v) is 6.26. The van der Waals surface area contributed by atoms with Crippen molar-refractivity contribution in [1.82, 2.24) is 10.9 Å². The highest BCUT2D eigenvalue weighted by Crippen LogP contribution is 2.21. The Kier molecular flexibility index (Phi) is 8.00. The lowest BCUT2D eigenvalue weighted by Crippen LogP contribution is -2.44. The molecule has 0 bridgehead atoms. The minimum atomic E-state index is -0.487. The van der Waals surface area contributed by atoms with Crippen molar-refractivity contribution in [2.75, 3.05) is 19.0 Å². The number of thioether (sulfide) groups is 1. The minimum Gasteiger partial charge on any atom is -0.494 e. The van der Waals surface area contributed by atoms with E-state index in [2.05, 4.69) is 10.9 Å². The molecule has 0 heterocycles. The summed E-state index contributed by atoms with van der Waals surface area (Å²) in [5.74, 6) is 0.576. The molecule has 140 valence electrons. The van der Waals surface area contributed by atoms with Gasteiger partial charge in [-0.05, 0) is 55.5 Å². The largest absolute Gasteiger partial charge is 0.494 e. The lowest BCUT2D eigenvalue weighted by Gasteiger charge is -2.09. The summed E-state index contributed by atoms with van der Waals surface area (Å²) >= 11 is 1.34. The second-order valence-electron chi connectivity index (χ2n) is 5.21. The zero-order chi connectivity index (χ0) is 19.5. The van der Waals surface area contributed by atoms with Crippen molar-refractivity contribution in [3.8, 4) is 17.6 Å². The summed E-state index contributed by atoms with van der Waals surface area (Å²) < 4.78 is 10.6. The highest BCUT2D eigenvalue weighted by atomic mass is 32.2. The second kappa shape index (κ2) is 10.7. The molecule has 2 aromatic rings. The summed E-state index contributed by atoms with van der Waals surface area (Å²) in [6, 6.07) is 15.8. The third kappa shape index (κ3) is 7.30. The molecule has 0 saturated heterocycles. The summed E-state index contributed by atoms with van der Waals surface area (Å²) in [6.45, 7) is 2.26. The van der Waals surface area contributed by atoms with Gasteiger partial charge in [-0.3, -0.25) is 20.4 Å². The van der Waals surface area contributed by atoms with Gasteiger partial charge in [-0.25, -0.2) is 0 Å². The maximum absolute atomic E-state index is 11.8. The van der Waals surface area contributed by atoms with Crippen LogP contribution in [0.1, 0.15) is 12.5 Å². The summed E-state index contributed by atoms with van der Waals surface area (Å²) in [7, 11) is 0. The van der Waals surface area contributed by atoms with Crippen LogP contribution >= 0.6 is 11.8 Å². The molecular weight excluding hydrogens is 366 g/mol. The number of ether oxygens (including phenoxy) is 2. The molecule has 0 unspecified atom stereocenters. The molecule has 2 amide bonds.